The van der Waals surface area contributed by atoms with Crippen LogP contribution in [0.2, 0.25) is 0 Å². The summed E-state index contributed by atoms with van der Waals surface area (Å²) >= 11 is 0. The molecule has 0 radical (unpaired) electrons. The molecule has 1 heterocycles. The SMILES string of the molecule is CCN(C)Cc1cccc(N/C(=C2\C(=O)Nc3cc(C(N)=O)ccc32)c2ccccc2)c1.O=C(O)C(F)(F)F. The zero-order valence-corrected chi connectivity index (χ0v) is 21.2. The van der Waals surface area contributed by atoms with Gasteiger partial charge in [0.2, 0.25) is 5.91 Å². The van der Waals surface area contributed by atoms with Gasteiger partial charge in [0.1, 0.15) is 0 Å². The molecule has 0 bridgehead atoms. The van der Waals surface area contributed by atoms with Crippen LogP contribution in [0.15, 0.2) is 72.8 Å². The molecular weight excluding hydrogens is 513 g/mol. The van der Waals surface area contributed by atoms with Gasteiger partial charge >= 0.3 is 12.1 Å². The number of rotatable bonds is 7. The van der Waals surface area contributed by atoms with Gasteiger partial charge in [0, 0.05) is 29.0 Å². The molecule has 3 aromatic rings. The van der Waals surface area contributed by atoms with Crippen molar-refractivity contribution in [2.75, 3.05) is 24.2 Å². The number of fused-ring (bicyclic) bond motifs is 1. The Labute approximate surface area is 222 Å². The second kappa shape index (κ2) is 12.3. The van der Waals surface area contributed by atoms with Gasteiger partial charge in [0.25, 0.3) is 5.91 Å². The van der Waals surface area contributed by atoms with Crippen molar-refractivity contribution in [1.82, 2.24) is 4.90 Å². The van der Waals surface area contributed by atoms with Crippen LogP contribution in [0.4, 0.5) is 24.5 Å². The highest BCUT2D eigenvalue weighted by atomic mass is 19.4. The number of alkyl halides is 3. The minimum absolute atomic E-state index is 0.227. The van der Waals surface area contributed by atoms with Gasteiger partial charge in [-0.25, -0.2) is 4.79 Å². The van der Waals surface area contributed by atoms with Gasteiger partial charge in [-0.05, 0) is 49.0 Å². The van der Waals surface area contributed by atoms with E-state index >= 15 is 0 Å². The number of benzene rings is 3. The van der Waals surface area contributed by atoms with E-state index in [4.69, 9.17) is 15.6 Å². The van der Waals surface area contributed by atoms with Crippen LogP contribution in [0, 0.1) is 0 Å². The Hall–Kier alpha value is -4.64. The molecule has 204 valence electrons. The van der Waals surface area contributed by atoms with Crippen molar-refractivity contribution in [1.29, 1.82) is 0 Å². The first-order valence-corrected chi connectivity index (χ1v) is 11.8. The van der Waals surface area contributed by atoms with E-state index in [1.807, 2.05) is 42.5 Å². The minimum Gasteiger partial charge on any atom is -0.475 e. The number of carbonyl (C=O) groups excluding carboxylic acids is 2. The lowest BCUT2D eigenvalue weighted by atomic mass is 9.99. The topological polar surface area (TPSA) is 125 Å². The summed E-state index contributed by atoms with van der Waals surface area (Å²) in [4.78, 5) is 35.7. The Bertz CT molecular complexity index is 1410. The number of carboxylic acid groups (broad SMARTS) is 1. The van der Waals surface area contributed by atoms with Crippen LogP contribution in [0.1, 0.15) is 34.0 Å². The zero-order valence-electron chi connectivity index (χ0n) is 21.2. The fraction of sp³-hybridized carbons (Fsp3) is 0.179. The molecule has 1 aliphatic heterocycles. The van der Waals surface area contributed by atoms with Crippen LogP contribution in [0.3, 0.4) is 0 Å². The van der Waals surface area contributed by atoms with Gasteiger partial charge in [-0.2, -0.15) is 13.2 Å². The maximum absolute atomic E-state index is 13.0. The zero-order chi connectivity index (χ0) is 28.7. The number of primary amides is 1. The first-order chi connectivity index (χ1) is 18.4. The third kappa shape index (κ3) is 7.45. The predicted molar refractivity (Wildman–Crippen MR) is 143 cm³/mol. The van der Waals surface area contributed by atoms with E-state index in [2.05, 4.69) is 41.6 Å². The molecule has 0 spiro atoms. The van der Waals surface area contributed by atoms with Crippen LogP contribution in [-0.2, 0) is 16.1 Å². The first kappa shape index (κ1) is 28.9. The highest BCUT2D eigenvalue weighted by molar-refractivity contribution is 6.37. The molecule has 0 saturated heterocycles. The van der Waals surface area contributed by atoms with E-state index in [0.717, 1.165) is 29.9 Å². The maximum atomic E-state index is 13.0. The van der Waals surface area contributed by atoms with Crippen LogP contribution in [0.25, 0.3) is 11.3 Å². The van der Waals surface area contributed by atoms with Gasteiger partial charge < -0.3 is 26.4 Å². The van der Waals surface area contributed by atoms with Crippen molar-refractivity contribution >= 4 is 40.4 Å². The van der Waals surface area contributed by atoms with E-state index in [-0.39, 0.29) is 5.91 Å². The summed E-state index contributed by atoms with van der Waals surface area (Å²) < 4.78 is 31.7. The Morgan fingerprint density at radius 3 is 2.26 bits per heavy atom. The number of hydrogen-bond donors (Lipinski definition) is 4. The van der Waals surface area contributed by atoms with Crippen molar-refractivity contribution in [2.45, 2.75) is 19.6 Å². The number of aliphatic carboxylic acids is 1. The van der Waals surface area contributed by atoms with Crippen molar-refractivity contribution in [3.8, 4) is 0 Å². The lowest BCUT2D eigenvalue weighted by molar-refractivity contribution is -0.192. The highest BCUT2D eigenvalue weighted by Gasteiger charge is 2.38. The smallest absolute Gasteiger partial charge is 0.475 e. The van der Waals surface area contributed by atoms with Crippen molar-refractivity contribution in [3.05, 3.63) is 95.1 Å². The lowest BCUT2D eigenvalue weighted by Crippen LogP contribution is -2.21. The molecule has 8 nitrogen and oxygen atoms in total. The fourth-order valence-electron chi connectivity index (χ4n) is 3.77. The van der Waals surface area contributed by atoms with Gasteiger partial charge in [-0.1, -0.05) is 55.5 Å². The Morgan fingerprint density at radius 1 is 1.00 bits per heavy atom. The molecule has 0 aliphatic carbocycles. The molecule has 5 N–H and O–H groups in total. The number of carboxylic acids is 1. The molecule has 1 aliphatic rings. The number of nitrogens with two attached hydrogens (primary N) is 1. The Kier molecular flexibility index (Phi) is 9.10. The molecule has 2 amide bonds. The third-order valence-corrected chi connectivity index (χ3v) is 5.79. The Morgan fingerprint density at radius 2 is 1.67 bits per heavy atom. The molecule has 0 saturated carbocycles. The third-order valence-electron chi connectivity index (χ3n) is 5.79. The second-order valence-corrected chi connectivity index (χ2v) is 8.65. The molecule has 0 aromatic heterocycles. The summed E-state index contributed by atoms with van der Waals surface area (Å²) in [5, 5.41) is 13.5. The van der Waals surface area contributed by atoms with Gasteiger partial charge in [0.15, 0.2) is 0 Å². The lowest BCUT2D eigenvalue weighted by Gasteiger charge is -2.17. The first-order valence-electron chi connectivity index (χ1n) is 11.8. The number of nitrogens with zero attached hydrogens (tertiary/aromatic N) is 1. The van der Waals surface area contributed by atoms with Crippen LogP contribution in [-0.4, -0.2) is 47.6 Å². The monoisotopic (exact) mass is 540 g/mol. The van der Waals surface area contributed by atoms with E-state index in [1.54, 1.807) is 18.2 Å². The normalized spacial score (nSPS) is 13.6. The van der Waals surface area contributed by atoms with E-state index in [9.17, 15) is 22.8 Å². The highest BCUT2D eigenvalue weighted by Crippen LogP contribution is 2.38. The summed E-state index contributed by atoms with van der Waals surface area (Å²) in [7, 11) is 2.08. The summed E-state index contributed by atoms with van der Waals surface area (Å²) in [5.74, 6) is -3.52. The van der Waals surface area contributed by atoms with Crippen LogP contribution < -0.4 is 16.4 Å². The average Bonchev–Trinajstić information content (AvgIpc) is 3.22. The largest absolute Gasteiger partial charge is 0.490 e. The minimum atomic E-state index is -5.08. The number of halogens is 3. The molecule has 11 heteroatoms. The van der Waals surface area contributed by atoms with Gasteiger partial charge in [-0.15, -0.1) is 0 Å². The average molecular weight is 541 g/mol. The van der Waals surface area contributed by atoms with Crippen LogP contribution >= 0.6 is 0 Å². The Balaban J connectivity index is 0.000000532. The summed E-state index contributed by atoms with van der Waals surface area (Å²) in [6.45, 7) is 3.92. The fourth-order valence-corrected chi connectivity index (χ4v) is 3.77. The summed E-state index contributed by atoms with van der Waals surface area (Å²) in [5.41, 5.74) is 11.3. The quantitative estimate of drug-likeness (QED) is 0.319. The number of carbonyl (C=O) groups is 3. The van der Waals surface area contributed by atoms with Gasteiger partial charge in [-0.3, -0.25) is 9.59 Å². The van der Waals surface area contributed by atoms with E-state index in [1.165, 1.54) is 5.56 Å². The summed E-state index contributed by atoms with van der Waals surface area (Å²) in [6, 6.07) is 23.0. The number of hydrogen-bond acceptors (Lipinski definition) is 5. The standard InChI is InChI=1S/C26H26N4O2.C2HF3O2/c1-3-30(2)16-17-8-7-11-20(14-17)28-24(18-9-5-4-6-10-18)23-21-13-12-19(25(27)31)15-22(21)29-26(23)32;3-2(4,5)1(6)7/h4-15,28H,3,16H2,1-2H3,(H2,27,31)(H,29,32);(H,6,7)/b24-23-;. The number of anilines is 2. The predicted octanol–water partition coefficient (Wildman–Crippen LogP) is 4.80. The van der Waals surface area contributed by atoms with Crippen molar-refractivity contribution < 1.29 is 32.7 Å². The van der Waals surface area contributed by atoms with Crippen LogP contribution in [0.5, 0.6) is 0 Å². The number of amides is 2. The molecule has 4 rings (SSSR count). The van der Waals surface area contributed by atoms with E-state index < -0.39 is 18.1 Å². The molecule has 39 heavy (non-hydrogen) atoms. The van der Waals surface area contributed by atoms with E-state index in [0.29, 0.717) is 22.5 Å². The molecule has 0 atom stereocenters. The number of nitrogens with one attached hydrogen (secondary N) is 2. The molecule has 0 fully saturated rings. The maximum Gasteiger partial charge on any atom is 0.490 e. The molecule has 0 unspecified atom stereocenters. The van der Waals surface area contributed by atoms with Gasteiger partial charge in [0.05, 0.1) is 11.3 Å². The molecule has 3 aromatic carbocycles. The van der Waals surface area contributed by atoms with Crippen molar-refractivity contribution in [2.24, 2.45) is 5.73 Å². The molecular formula is C28H27F3N4O4. The summed E-state index contributed by atoms with van der Waals surface area (Å²) in [6.07, 6.45) is -5.08. The second-order valence-electron chi connectivity index (χ2n) is 8.65. The van der Waals surface area contributed by atoms with Crippen molar-refractivity contribution in [3.63, 3.8) is 0 Å².